The molecule has 1 aromatic rings. The first-order valence-electron chi connectivity index (χ1n) is 5.33. The molecule has 1 heterocycles. The molecule has 4 heteroatoms. The van der Waals surface area contributed by atoms with Crippen molar-refractivity contribution in [3.8, 4) is 5.75 Å². The largest absolute Gasteiger partial charge is 0.487 e. The van der Waals surface area contributed by atoms with Gasteiger partial charge in [-0.05, 0) is 26.0 Å². The van der Waals surface area contributed by atoms with E-state index in [-0.39, 0.29) is 11.6 Å². The van der Waals surface area contributed by atoms with E-state index in [0.29, 0.717) is 15.8 Å². The summed E-state index contributed by atoms with van der Waals surface area (Å²) < 4.78 is 5.84. The van der Waals surface area contributed by atoms with Gasteiger partial charge in [-0.3, -0.25) is 0 Å². The second-order valence-corrected chi connectivity index (χ2v) is 5.63. The normalized spacial score (nSPS) is 23.4. The minimum absolute atomic E-state index is 0.135. The summed E-state index contributed by atoms with van der Waals surface area (Å²) in [6, 6.07) is 5.27. The van der Waals surface area contributed by atoms with Gasteiger partial charge in [-0.25, -0.2) is 0 Å². The second-order valence-electron chi connectivity index (χ2n) is 4.78. The van der Waals surface area contributed by atoms with Gasteiger partial charge >= 0.3 is 0 Å². The Morgan fingerprint density at radius 3 is 2.75 bits per heavy atom. The molecule has 0 radical (unpaired) electrons. The maximum atomic E-state index is 6.04. The van der Waals surface area contributed by atoms with E-state index in [0.717, 1.165) is 13.0 Å². The van der Waals surface area contributed by atoms with Crippen LogP contribution in [0.5, 0.6) is 5.75 Å². The molecule has 0 spiro atoms. The van der Waals surface area contributed by atoms with E-state index >= 15 is 0 Å². The molecule has 2 rings (SSSR count). The molecule has 1 fully saturated rings. The quantitative estimate of drug-likeness (QED) is 0.878. The number of nitrogens with one attached hydrogen (secondary N) is 1. The van der Waals surface area contributed by atoms with Crippen molar-refractivity contribution < 1.29 is 4.74 Å². The SMILES string of the molecule is CC1(C)CC(Oc2cc(Cl)ccc2Cl)CN1. The molecule has 0 aliphatic carbocycles. The smallest absolute Gasteiger partial charge is 0.139 e. The Labute approximate surface area is 106 Å². The third-order valence-electron chi connectivity index (χ3n) is 2.73. The van der Waals surface area contributed by atoms with Crippen LogP contribution in [0, 0.1) is 0 Å². The fraction of sp³-hybridized carbons (Fsp3) is 0.500. The lowest BCUT2D eigenvalue weighted by molar-refractivity contribution is 0.214. The minimum atomic E-state index is 0.135. The second kappa shape index (κ2) is 4.44. The van der Waals surface area contributed by atoms with Crippen molar-refractivity contribution in [1.29, 1.82) is 0 Å². The predicted octanol–water partition coefficient (Wildman–Crippen LogP) is 3.51. The highest BCUT2D eigenvalue weighted by Gasteiger charge is 2.31. The highest BCUT2D eigenvalue weighted by atomic mass is 35.5. The Balaban J connectivity index is 2.07. The average molecular weight is 260 g/mol. The highest BCUT2D eigenvalue weighted by molar-refractivity contribution is 6.34. The highest BCUT2D eigenvalue weighted by Crippen LogP contribution is 2.31. The van der Waals surface area contributed by atoms with Gasteiger partial charge in [-0.2, -0.15) is 0 Å². The lowest BCUT2D eigenvalue weighted by atomic mass is 10.0. The molecule has 1 N–H and O–H groups in total. The van der Waals surface area contributed by atoms with Crippen LogP contribution >= 0.6 is 23.2 Å². The monoisotopic (exact) mass is 259 g/mol. The molecule has 16 heavy (non-hydrogen) atoms. The first-order chi connectivity index (χ1) is 7.46. The lowest BCUT2D eigenvalue weighted by Crippen LogP contribution is -2.31. The van der Waals surface area contributed by atoms with E-state index in [9.17, 15) is 0 Å². The predicted molar refractivity (Wildman–Crippen MR) is 67.6 cm³/mol. The summed E-state index contributed by atoms with van der Waals surface area (Å²) in [5.74, 6) is 0.665. The zero-order chi connectivity index (χ0) is 11.8. The van der Waals surface area contributed by atoms with Crippen LogP contribution in [0.1, 0.15) is 20.3 Å². The van der Waals surface area contributed by atoms with E-state index in [1.165, 1.54) is 0 Å². The number of halogens is 2. The van der Waals surface area contributed by atoms with Gasteiger partial charge in [-0.15, -0.1) is 0 Å². The fourth-order valence-corrected chi connectivity index (χ4v) is 2.26. The van der Waals surface area contributed by atoms with Gasteiger partial charge in [0, 0.05) is 29.6 Å². The minimum Gasteiger partial charge on any atom is -0.487 e. The Kier molecular flexibility index (Phi) is 3.34. The average Bonchev–Trinajstić information content (AvgIpc) is 2.52. The Morgan fingerprint density at radius 1 is 1.38 bits per heavy atom. The molecule has 1 atom stereocenters. The van der Waals surface area contributed by atoms with Crippen LogP contribution in [0.2, 0.25) is 10.0 Å². The molecule has 1 aliphatic rings. The third kappa shape index (κ3) is 2.82. The third-order valence-corrected chi connectivity index (χ3v) is 3.28. The zero-order valence-electron chi connectivity index (χ0n) is 9.39. The molecule has 0 bridgehead atoms. The van der Waals surface area contributed by atoms with Gasteiger partial charge in [-0.1, -0.05) is 23.2 Å². The molecule has 1 unspecified atom stereocenters. The number of ether oxygens (including phenoxy) is 1. The Bertz CT molecular complexity index is 393. The van der Waals surface area contributed by atoms with Crippen molar-refractivity contribution in [2.45, 2.75) is 31.9 Å². The van der Waals surface area contributed by atoms with Gasteiger partial charge < -0.3 is 10.1 Å². The fourth-order valence-electron chi connectivity index (χ4n) is 1.93. The number of hydrogen-bond acceptors (Lipinski definition) is 2. The maximum Gasteiger partial charge on any atom is 0.139 e. The van der Waals surface area contributed by atoms with E-state index in [1.54, 1.807) is 18.2 Å². The van der Waals surface area contributed by atoms with Crippen molar-refractivity contribution in [3.05, 3.63) is 28.2 Å². The number of rotatable bonds is 2. The zero-order valence-corrected chi connectivity index (χ0v) is 10.9. The standard InChI is InChI=1S/C12H15Cl2NO/c1-12(2)6-9(7-15-12)16-11-5-8(13)3-4-10(11)14/h3-5,9,15H,6-7H2,1-2H3. The summed E-state index contributed by atoms with van der Waals surface area (Å²) in [5.41, 5.74) is 0.135. The molecule has 1 aliphatic heterocycles. The summed E-state index contributed by atoms with van der Waals surface area (Å²) in [4.78, 5) is 0. The van der Waals surface area contributed by atoms with Crippen LogP contribution in [0.3, 0.4) is 0 Å². The molecule has 2 nitrogen and oxygen atoms in total. The van der Waals surface area contributed by atoms with E-state index in [4.69, 9.17) is 27.9 Å². The molecule has 0 aromatic heterocycles. The molecule has 0 saturated carbocycles. The maximum absolute atomic E-state index is 6.04. The first kappa shape index (κ1) is 12.0. The Hall–Kier alpha value is -0.440. The van der Waals surface area contributed by atoms with E-state index in [2.05, 4.69) is 19.2 Å². The van der Waals surface area contributed by atoms with Gasteiger partial charge in [0.2, 0.25) is 0 Å². The lowest BCUT2D eigenvalue weighted by Gasteiger charge is -2.18. The van der Waals surface area contributed by atoms with Crippen LogP contribution < -0.4 is 10.1 Å². The molecule has 88 valence electrons. The van der Waals surface area contributed by atoms with E-state index < -0.39 is 0 Å². The molecule has 0 amide bonds. The van der Waals surface area contributed by atoms with E-state index in [1.807, 2.05) is 0 Å². The summed E-state index contributed by atoms with van der Waals surface area (Å²) in [6.07, 6.45) is 1.13. The molecular formula is C12H15Cl2NO. The summed E-state index contributed by atoms with van der Waals surface area (Å²) >= 11 is 11.9. The van der Waals surface area contributed by atoms with Gasteiger partial charge in [0.25, 0.3) is 0 Å². The van der Waals surface area contributed by atoms with Crippen LogP contribution in [0.25, 0.3) is 0 Å². The van der Waals surface area contributed by atoms with Crippen LogP contribution in [-0.4, -0.2) is 18.2 Å². The van der Waals surface area contributed by atoms with Crippen molar-refractivity contribution in [2.75, 3.05) is 6.54 Å². The summed E-state index contributed by atoms with van der Waals surface area (Å²) in [5, 5.41) is 4.65. The number of hydrogen-bond donors (Lipinski definition) is 1. The van der Waals surface area contributed by atoms with Crippen LogP contribution in [-0.2, 0) is 0 Å². The Morgan fingerprint density at radius 2 is 2.12 bits per heavy atom. The van der Waals surface area contributed by atoms with Gasteiger partial charge in [0.15, 0.2) is 0 Å². The summed E-state index contributed by atoms with van der Waals surface area (Å²) in [7, 11) is 0. The molecule has 1 aromatic carbocycles. The van der Waals surface area contributed by atoms with Crippen molar-refractivity contribution in [3.63, 3.8) is 0 Å². The van der Waals surface area contributed by atoms with Crippen molar-refractivity contribution in [1.82, 2.24) is 5.32 Å². The summed E-state index contributed by atoms with van der Waals surface area (Å²) in [6.45, 7) is 5.17. The first-order valence-corrected chi connectivity index (χ1v) is 6.09. The molecule has 1 saturated heterocycles. The van der Waals surface area contributed by atoms with Crippen LogP contribution in [0.15, 0.2) is 18.2 Å². The van der Waals surface area contributed by atoms with Crippen molar-refractivity contribution >= 4 is 23.2 Å². The van der Waals surface area contributed by atoms with Crippen LogP contribution in [0.4, 0.5) is 0 Å². The van der Waals surface area contributed by atoms with Gasteiger partial charge in [0.1, 0.15) is 11.9 Å². The molecular weight excluding hydrogens is 245 g/mol. The number of benzene rings is 1. The van der Waals surface area contributed by atoms with Crippen molar-refractivity contribution in [2.24, 2.45) is 0 Å². The topological polar surface area (TPSA) is 21.3 Å². The van der Waals surface area contributed by atoms with Gasteiger partial charge in [0.05, 0.1) is 5.02 Å².